The quantitative estimate of drug-likeness (QED) is 0.883. The number of carbonyl (C=O) groups excluding carboxylic acids is 2. The molecule has 0 aliphatic carbocycles. The van der Waals surface area contributed by atoms with E-state index >= 15 is 0 Å². The summed E-state index contributed by atoms with van der Waals surface area (Å²) in [6.07, 6.45) is 3.98. The monoisotopic (exact) mass is 309 g/mol. The van der Waals surface area contributed by atoms with Crippen LogP contribution in [-0.4, -0.2) is 35.3 Å². The Kier molecular flexibility index (Phi) is 4.42. The van der Waals surface area contributed by atoms with Gasteiger partial charge in [-0.15, -0.1) is 0 Å². The Labute approximate surface area is 135 Å². The molecule has 0 bridgehead atoms. The smallest absolute Gasteiger partial charge is 0.253 e. The SMILES string of the molecule is O=Cc1cc(-c2ccc(C(=O)N3CCCCC3)cc2)ccc1O. The summed E-state index contributed by atoms with van der Waals surface area (Å²) < 4.78 is 0. The molecule has 0 saturated carbocycles. The molecule has 0 unspecified atom stereocenters. The van der Waals surface area contributed by atoms with Crippen molar-refractivity contribution in [3.05, 3.63) is 53.6 Å². The molecule has 1 N–H and O–H groups in total. The molecular formula is C19H19NO3. The molecule has 2 aromatic rings. The first kappa shape index (κ1) is 15.3. The van der Waals surface area contributed by atoms with Gasteiger partial charge in [0, 0.05) is 18.7 Å². The number of piperidine rings is 1. The number of benzene rings is 2. The summed E-state index contributed by atoms with van der Waals surface area (Å²) in [5, 5.41) is 9.56. The van der Waals surface area contributed by atoms with Crippen LogP contribution in [0.4, 0.5) is 0 Å². The molecule has 1 heterocycles. The Morgan fingerprint density at radius 2 is 1.61 bits per heavy atom. The van der Waals surface area contributed by atoms with Crippen LogP contribution in [0.25, 0.3) is 11.1 Å². The van der Waals surface area contributed by atoms with Crippen LogP contribution in [0.3, 0.4) is 0 Å². The zero-order valence-corrected chi connectivity index (χ0v) is 12.9. The standard InChI is InChI=1S/C19H19NO3/c21-13-17-12-16(8-9-18(17)22)14-4-6-15(7-5-14)19(23)20-10-2-1-3-11-20/h4-9,12-13,22H,1-3,10-11H2. The van der Waals surface area contributed by atoms with Crippen LogP contribution >= 0.6 is 0 Å². The van der Waals surface area contributed by atoms with Crippen LogP contribution in [-0.2, 0) is 0 Å². The number of likely N-dealkylation sites (tertiary alicyclic amines) is 1. The topological polar surface area (TPSA) is 57.6 Å². The van der Waals surface area contributed by atoms with Crippen molar-refractivity contribution in [3.63, 3.8) is 0 Å². The van der Waals surface area contributed by atoms with Crippen molar-refractivity contribution in [3.8, 4) is 16.9 Å². The molecular weight excluding hydrogens is 290 g/mol. The van der Waals surface area contributed by atoms with E-state index in [1.807, 2.05) is 29.2 Å². The van der Waals surface area contributed by atoms with Gasteiger partial charge in [-0.25, -0.2) is 0 Å². The van der Waals surface area contributed by atoms with Gasteiger partial charge in [0.25, 0.3) is 5.91 Å². The minimum atomic E-state index is -0.0272. The van der Waals surface area contributed by atoms with Crippen LogP contribution in [0.15, 0.2) is 42.5 Å². The van der Waals surface area contributed by atoms with E-state index in [0.29, 0.717) is 11.8 Å². The number of phenols is 1. The van der Waals surface area contributed by atoms with Crippen LogP contribution < -0.4 is 0 Å². The Hall–Kier alpha value is -2.62. The molecule has 2 aromatic carbocycles. The lowest BCUT2D eigenvalue weighted by Gasteiger charge is -2.26. The number of aldehydes is 1. The number of rotatable bonds is 3. The van der Waals surface area contributed by atoms with Crippen LogP contribution in [0.5, 0.6) is 5.75 Å². The Morgan fingerprint density at radius 1 is 0.957 bits per heavy atom. The molecule has 1 saturated heterocycles. The highest BCUT2D eigenvalue weighted by atomic mass is 16.3. The summed E-state index contributed by atoms with van der Waals surface area (Å²) in [6, 6.07) is 12.3. The number of aromatic hydroxyl groups is 1. The fourth-order valence-corrected chi connectivity index (χ4v) is 2.91. The lowest BCUT2D eigenvalue weighted by atomic mass is 10.0. The van der Waals surface area contributed by atoms with Crippen molar-refractivity contribution in [2.24, 2.45) is 0 Å². The molecule has 4 heteroatoms. The molecule has 0 spiro atoms. The number of phenolic OH excluding ortho intramolecular Hbond substituents is 1. The van der Waals surface area contributed by atoms with Crippen LogP contribution in [0.1, 0.15) is 40.0 Å². The molecule has 3 rings (SSSR count). The highest BCUT2D eigenvalue weighted by Crippen LogP contribution is 2.25. The summed E-state index contributed by atoms with van der Waals surface area (Å²) in [5.74, 6) is 0.0520. The van der Waals surface area contributed by atoms with E-state index in [2.05, 4.69) is 0 Å². The van der Waals surface area contributed by atoms with E-state index in [-0.39, 0.29) is 17.2 Å². The predicted molar refractivity (Wildman–Crippen MR) is 88.7 cm³/mol. The van der Waals surface area contributed by atoms with Crippen molar-refractivity contribution in [1.82, 2.24) is 4.90 Å². The van der Waals surface area contributed by atoms with Crippen molar-refractivity contribution in [1.29, 1.82) is 0 Å². The molecule has 1 aliphatic heterocycles. The van der Waals surface area contributed by atoms with E-state index in [1.54, 1.807) is 12.1 Å². The van der Waals surface area contributed by atoms with Gasteiger partial charge in [0.1, 0.15) is 5.75 Å². The molecule has 0 radical (unpaired) electrons. The maximum absolute atomic E-state index is 12.4. The molecule has 1 fully saturated rings. The minimum absolute atomic E-state index is 0.0272. The number of carbonyl (C=O) groups is 2. The van der Waals surface area contributed by atoms with Gasteiger partial charge < -0.3 is 10.0 Å². The second-order valence-corrected chi connectivity index (χ2v) is 5.82. The maximum Gasteiger partial charge on any atom is 0.253 e. The van der Waals surface area contributed by atoms with Gasteiger partial charge in [0.05, 0.1) is 5.56 Å². The maximum atomic E-state index is 12.4. The van der Waals surface area contributed by atoms with Crippen LogP contribution in [0, 0.1) is 0 Å². The molecule has 4 nitrogen and oxygen atoms in total. The van der Waals surface area contributed by atoms with Gasteiger partial charge in [-0.3, -0.25) is 9.59 Å². The predicted octanol–water partition coefficient (Wildman–Crippen LogP) is 3.50. The van der Waals surface area contributed by atoms with E-state index in [9.17, 15) is 14.7 Å². The lowest BCUT2D eigenvalue weighted by molar-refractivity contribution is 0.0724. The third-order valence-corrected chi connectivity index (χ3v) is 4.26. The normalized spacial score (nSPS) is 14.5. The fourth-order valence-electron chi connectivity index (χ4n) is 2.91. The first-order chi connectivity index (χ1) is 11.2. The van der Waals surface area contributed by atoms with Crippen molar-refractivity contribution in [2.75, 3.05) is 13.1 Å². The first-order valence-electron chi connectivity index (χ1n) is 7.87. The van der Waals surface area contributed by atoms with Gasteiger partial charge >= 0.3 is 0 Å². The average Bonchev–Trinajstić information content (AvgIpc) is 2.62. The highest BCUT2D eigenvalue weighted by molar-refractivity contribution is 5.95. The largest absolute Gasteiger partial charge is 0.507 e. The van der Waals surface area contributed by atoms with Crippen molar-refractivity contribution < 1.29 is 14.7 Å². The minimum Gasteiger partial charge on any atom is -0.507 e. The zero-order chi connectivity index (χ0) is 16.2. The summed E-state index contributed by atoms with van der Waals surface area (Å²) in [6.45, 7) is 1.67. The van der Waals surface area contributed by atoms with E-state index in [0.717, 1.165) is 37.1 Å². The Morgan fingerprint density at radius 3 is 2.26 bits per heavy atom. The van der Waals surface area contributed by atoms with Gasteiger partial charge in [-0.2, -0.15) is 0 Å². The van der Waals surface area contributed by atoms with Gasteiger partial charge in [0.15, 0.2) is 6.29 Å². The van der Waals surface area contributed by atoms with Gasteiger partial charge in [-0.05, 0) is 54.7 Å². The van der Waals surface area contributed by atoms with Crippen molar-refractivity contribution in [2.45, 2.75) is 19.3 Å². The summed E-state index contributed by atoms with van der Waals surface area (Å²) in [7, 11) is 0. The fraction of sp³-hybridized carbons (Fsp3) is 0.263. The highest BCUT2D eigenvalue weighted by Gasteiger charge is 2.18. The van der Waals surface area contributed by atoms with Crippen LogP contribution in [0.2, 0.25) is 0 Å². The Bertz CT molecular complexity index is 716. The zero-order valence-electron chi connectivity index (χ0n) is 12.9. The molecule has 118 valence electrons. The third kappa shape index (κ3) is 3.26. The summed E-state index contributed by atoms with van der Waals surface area (Å²) >= 11 is 0. The molecule has 1 amide bonds. The molecule has 0 aromatic heterocycles. The van der Waals surface area contributed by atoms with Gasteiger partial charge in [0.2, 0.25) is 0 Å². The summed E-state index contributed by atoms with van der Waals surface area (Å²) in [5.41, 5.74) is 2.69. The average molecular weight is 309 g/mol. The first-order valence-corrected chi connectivity index (χ1v) is 7.87. The number of amides is 1. The Balaban J connectivity index is 1.81. The summed E-state index contributed by atoms with van der Waals surface area (Å²) in [4.78, 5) is 25.3. The molecule has 23 heavy (non-hydrogen) atoms. The van der Waals surface area contributed by atoms with Gasteiger partial charge in [-0.1, -0.05) is 18.2 Å². The third-order valence-electron chi connectivity index (χ3n) is 4.26. The molecule has 0 atom stereocenters. The number of nitrogens with zero attached hydrogens (tertiary/aromatic N) is 1. The van der Waals surface area contributed by atoms with E-state index in [1.165, 1.54) is 12.5 Å². The second kappa shape index (κ2) is 6.65. The molecule has 1 aliphatic rings. The van der Waals surface area contributed by atoms with Crippen molar-refractivity contribution >= 4 is 12.2 Å². The number of hydrogen-bond donors (Lipinski definition) is 1. The second-order valence-electron chi connectivity index (χ2n) is 5.82. The lowest BCUT2D eigenvalue weighted by Crippen LogP contribution is -2.35. The van der Waals surface area contributed by atoms with E-state index in [4.69, 9.17) is 0 Å². The number of hydrogen-bond acceptors (Lipinski definition) is 3. The van der Waals surface area contributed by atoms with E-state index < -0.39 is 0 Å².